The Morgan fingerprint density at radius 2 is 1.86 bits per heavy atom. The van der Waals surface area contributed by atoms with Gasteiger partial charge in [0.15, 0.2) is 0 Å². The quantitative estimate of drug-likeness (QED) is 0.785. The van der Waals surface area contributed by atoms with Gasteiger partial charge in [0.1, 0.15) is 11.6 Å². The van der Waals surface area contributed by atoms with Crippen LogP contribution in [0.15, 0.2) is 0 Å². The highest BCUT2D eigenvalue weighted by Gasteiger charge is 2.26. The van der Waals surface area contributed by atoms with Crippen LogP contribution in [0.3, 0.4) is 0 Å². The van der Waals surface area contributed by atoms with Gasteiger partial charge in [-0.25, -0.2) is 4.79 Å². The Morgan fingerprint density at radius 3 is 2.41 bits per heavy atom. The summed E-state index contributed by atoms with van der Waals surface area (Å²) in [5, 5.41) is 5.79. The number of nitrogens with one attached hydrogen (secondary N) is 2. The Labute approximate surface area is 138 Å². The maximum atomic E-state index is 12.4. The van der Waals surface area contributed by atoms with Crippen molar-refractivity contribution in [2.75, 3.05) is 12.0 Å². The maximum absolute atomic E-state index is 12.4. The van der Waals surface area contributed by atoms with E-state index in [9.17, 15) is 9.59 Å². The molecule has 2 amide bonds. The molecule has 1 saturated carbocycles. The van der Waals surface area contributed by atoms with Crippen molar-refractivity contribution in [1.29, 1.82) is 0 Å². The topological polar surface area (TPSA) is 67.4 Å². The Balaban J connectivity index is 2.53. The monoisotopic (exact) mass is 330 g/mol. The lowest BCUT2D eigenvalue weighted by molar-refractivity contribution is -0.124. The predicted octanol–water partition coefficient (Wildman–Crippen LogP) is 3.08. The highest BCUT2D eigenvalue weighted by atomic mass is 32.2. The lowest BCUT2D eigenvalue weighted by Gasteiger charge is -2.27. The average molecular weight is 330 g/mol. The van der Waals surface area contributed by atoms with Crippen LogP contribution in [-0.4, -0.2) is 41.7 Å². The highest BCUT2D eigenvalue weighted by Crippen LogP contribution is 2.17. The van der Waals surface area contributed by atoms with Crippen molar-refractivity contribution in [2.45, 2.75) is 77.0 Å². The molecule has 0 aliphatic heterocycles. The first-order valence-electron chi connectivity index (χ1n) is 8.10. The molecule has 0 heterocycles. The lowest BCUT2D eigenvalue weighted by Crippen LogP contribution is -2.51. The molecule has 0 spiro atoms. The smallest absolute Gasteiger partial charge is 0.408 e. The molecule has 6 heteroatoms. The van der Waals surface area contributed by atoms with Crippen LogP contribution in [0.1, 0.15) is 59.3 Å². The van der Waals surface area contributed by atoms with Crippen LogP contribution >= 0.6 is 11.8 Å². The lowest BCUT2D eigenvalue weighted by atomic mass is 9.95. The summed E-state index contributed by atoms with van der Waals surface area (Å²) >= 11 is 1.66. The van der Waals surface area contributed by atoms with E-state index in [4.69, 9.17) is 4.74 Å². The van der Waals surface area contributed by atoms with Crippen molar-refractivity contribution >= 4 is 23.8 Å². The summed E-state index contributed by atoms with van der Waals surface area (Å²) < 4.78 is 5.25. The molecule has 1 aliphatic carbocycles. The molecule has 128 valence electrons. The van der Waals surface area contributed by atoms with Crippen molar-refractivity contribution in [3.8, 4) is 0 Å². The molecule has 0 aromatic rings. The zero-order valence-electron chi connectivity index (χ0n) is 14.2. The van der Waals surface area contributed by atoms with Crippen molar-refractivity contribution in [2.24, 2.45) is 0 Å². The fourth-order valence-electron chi connectivity index (χ4n) is 2.50. The minimum Gasteiger partial charge on any atom is -0.444 e. The molecule has 0 radical (unpaired) electrons. The molecule has 22 heavy (non-hydrogen) atoms. The third-order valence-electron chi connectivity index (χ3n) is 3.57. The molecule has 1 fully saturated rings. The largest absolute Gasteiger partial charge is 0.444 e. The summed E-state index contributed by atoms with van der Waals surface area (Å²) in [5.41, 5.74) is -0.562. The van der Waals surface area contributed by atoms with Crippen molar-refractivity contribution in [3.05, 3.63) is 0 Å². The molecule has 1 aliphatic rings. The Kier molecular flexibility index (Phi) is 8.07. The fraction of sp³-hybridized carbons (Fsp3) is 0.875. The van der Waals surface area contributed by atoms with Crippen LogP contribution in [0.2, 0.25) is 0 Å². The summed E-state index contributed by atoms with van der Waals surface area (Å²) in [6, 6.07) is -0.275. The summed E-state index contributed by atoms with van der Waals surface area (Å²) in [6.07, 6.45) is 7.72. The number of rotatable bonds is 6. The second kappa shape index (κ2) is 9.28. The molecule has 1 rings (SSSR count). The van der Waals surface area contributed by atoms with Gasteiger partial charge in [0.05, 0.1) is 0 Å². The fourth-order valence-corrected chi connectivity index (χ4v) is 2.97. The van der Waals surface area contributed by atoms with Crippen LogP contribution in [0, 0.1) is 0 Å². The Bertz CT molecular complexity index is 363. The van der Waals surface area contributed by atoms with Crippen LogP contribution in [-0.2, 0) is 9.53 Å². The number of amides is 2. The zero-order chi connectivity index (χ0) is 16.6. The van der Waals surface area contributed by atoms with Crippen molar-refractivity contribution in [1.82, 2.24) is 10.6 Å². The van der Waals surface area contributed by atoms with Gasteiger partial charge in [-0.2, -0.15) is 11.8 Å². The van der Waals surface area contributed by atoms with Gasteiger partial charge in [0.25, 0.3) is 0 Å². The predicted molar refractivity (Wildman–Crippen MR) is 91.2 cm³/mol. The van der Waals surface area contributed by atoms with E-state index in [0.29, 0.717) is 6.42 Å². The first-order valence-corrected chi connectivity index (χ1v) is 9.50. The average Bonchev–Trinajstić information content (AvgIpc) is 2.42. The highest BCUT2D eigenvalue weighted by molar-refractivity contribution is 7.98. The van der Waals surface area contributed by atoms with Crippen LogP contribution in [0.25, 0.3) is 0 Å². The second-order valence-electron chi connectivity index (χ2n) is 6.82. The van der Waals surface area contributed by atoms with E-state index in [1.54, 1.807) is 11.8 Å². The van der Waals surface area contributed by atoms with E-state index < -0.39 is 17.7 Å². The van der Waals surface area contributed by atoms with Gasteiger partial charge >= 0.3 is 6.09 Å². The number of carbonyl (C=O) groups is 2. The molecule has 0 aromatic heterocycles. The zero-order valence-corrected chi connectivity index (χ0v) is 15.1. The molecule has 0 saturated heterocycles. The van der Waals surface area contributed by atoms with E-state index in [-0.39, 0.29) is 11.9 Å². The van der Waals surface area contributed by atoms with Crippen molar-refractivity contribution in [3.63, 3.8) is 0 Å². The number of hydrogen-bond acceptors (Lipinski definition) is 4. The number of alkyl carbamates (subject to hydrolysis) is 1. The number of hydrogen-bond donors (Lipinski definition) is 2. The first kappa shape index (κ1) is 19.1. The van der Waals surface area contributed by atoms with E-state index in [2.05, 4.69) is 10.6 Å². The minimum absolute atomic E-state index is 0.0909. The van der Waals surface area contributed by atoms with Crippen LogP contribution < -0.4 is 10.6 Å². The summed E-state index contributed by atoms with van der Waals surface area (Å²) in [4.78, 5) is 24.3. The molecule has 2 N–H and O–H groups in total. The summed E-state index contributed by atoms with van der Waals surface area (Å²) in [5.74, 6) is 0.727. The van der Waals surface area contributed by atoms with Crippen LogP contribution in [0.4, 0.5) is 4.79 Å². The van der Waals surface area contributed by atoms with Gasteiger partial charge in [0, 0.05) is 6.04 Å². The summed E-state index contributed by atoms with van der Waals surface area (Å²) in [7, 11) is 0. The molecule has 1 atom stereocenters. The van der Waals surface area contributed by atoms with Gasteiger partial charge in [-0.1, -0.05) is 19.3 Å². The molecule has 0 aromatic carbocycles. The third-order valence-corrected chi connectivity index (χ3v) is 4.21. The molecular weight excluding hydrogens is 300 g/mol. The Hall–Kier alpha value is -0.910. The molecule has 5 nitrogen and oxygen atoms in total. The Morgan fingerprint density at radius 1 is 1.23 bits per heavy atom. The molecule has 0 unspecified atom stereocenters. The van der Waals surface area contributed by atoms with Gasteiger partial charge in [-0.05, 0) is 52.0 Å². The number of carbonyl (C=O) groups excluding carboxylic acids is 2. The van der Waals surface area contributed by atoms with E-state index in [1.807, 2.05) is 27.0 Å². The van der Waals surface area contributed by atoms with E-state index in [0.717, 1.165) is 18.6 Å². The van der Waals surface area contributed by atoms with E-state index in [1.165, 1.54) is 19.3 Å². The van der Waals surface area contributed by atoms with Gasteiger partial charge in [-0.15, -0.1) is 0 Å². The SMILES string of the molecule is CSCC[C@H](NC(=O)OC(C)(C)C)C(=O)NC1CCCCC1. The van der Waals surface area contributed by atoms with Crippen molar-refractivity contribution < 1.29 is 14.3 Å². The van der Waals surface area contributed by atoms with E-state index >= 15 is 0 Å². The number of ether oxygens (including phenoxy) is 1. The standard InChI is InChI=1S/C16H30N2O3S/c1-16(2,3)21-15(20)18-13(10-11-22-4)14(19)17-12-8-6-5-7-9-12/h12-13H,5-11H2,1-4H3,(H,17,19)(H,18,20)/t13-/m0/s1. The van der Waals surface area contributed by atoms with Gasteiger partial charge in [0.2, 0.25) is 5.91 Å². The second-order valence-corrected chi connectivity index (χ2v) is 7.81. The normalized spacial score (nSPS) is 17.6. The number of thioether (sulfide) groups is 1. The molecule has 0 bridgehead atoms. The third kappa shape index (κ3) is 7.92. The minimum atomic E-state index is -0.562. The van der Waals surface area contributed by atoms with Gasteiger partial charge in [-0.3, -0.25) is 4.79 Å². The maximum Gasteiger partial charge on any atom is 0.408 e. The first-order chi connectivity index (χ1) is 10.3. The van der Waals surface area contributed by atoms with Crippen LogP contribution in [0.5, 0.6) is 0 Å². The van der Waals surface area contributed by atoms with Gasteiger partial charge < -0.3 is 15.4 Å². The molecular formula is C16H30N2O3S. The summed E-state index contributed by atoms with van der Waals surface area (Å²) in [6.45, 7) is 5.43.